The van der Waals surface area contributed by atoms with E-state index in [1.165, 1.54) is 11.1 Å². The molecule has 0 radical (unpaired) electrons. The summed E-state index contributed by atoms with van der Waals surface area (Å²) in [6.45, 7) is 4.09. The van der Waals surface area contributed by atoms with E-state index in [0.717, 1.165) is 5.69 Å². The van der Waals surface area contributed by atoms with E-state index in [4.69, 9.17) is 23.3 Å². The predicted octanol–water partition coefficient (Wildman–Crippen LogP) is 1.23. The third kappa shape index (κ3) is 6.41. The molecule has 0 aliphatic heterocycles. The Morgan fingerprint density at radius 1 is 1.21 bits per heavy atom. The fourth-order valence-corrected chi connectivity index (χ4v) is 0.774. The molecule has 0 atom stereocenters. The highest BCUT2D eigenvalue weighted by Crippen LogP contribution is 2.13. The summed E-state index contributed by atoms with van der Waals surface area (Å²) in [5, 5.41) is 0. The zero-order chi connectivity index (χ0) is 11.4. The normalized spacial score (nSPS) is 10.3. The Balaban J connectivity index is 0.000000292. The van der Waals surface area contributed by atoms with Crippen LogP contribution in [0.1, 0.15) is 11.1 Å². The van der Waals surface area contributed by atoms with Gasteiger partial charge in [-0.3, -0.25) is 9.11 Å². The number of hydrogen-bond acceptors (Lipinski definition) is 3. The summed E-state index contributed by atoms with van der Waals surface area (Å²) < 4.78 is 31.6. The van der Waals surface area contributed by atoms with Crippen molar-refractivity contribution in [2.24, 2.45) is 0 Å². The third-order valence-corrected chi connectivity index (χ3v) is 1.65. The van der Waals surface area contributed by atoms with E-state index in [2.05, 4.69) is 13.0 Å². The van der Waals surface area contributed by atoms with Crippen molar-refractivity contribution in [1.29, 1.82) is 0 Å². The van der Waals surface area contributed by atoms with Gasteiger partial charge in [0.1, 0.15) is 0 Å². The quantitative estimate of drug-likeness (QED) is 0.450. The molecule has 14 heavy (non-hydrogen) atoms. The summed E-state index contributed by atoms with van der Waals surface area (Å²) >= 11 is 0. The molecular formula is C8H13NO4S. The van der Waals surface area contributed by atoms with Gasteiger partial charge in [0, 0.05) is 5.69 Å². The molecular weight excluding hydrogens is 206 g/mol. The first kappa shape index (κ1) is 12.9. The maximum absolute atomic E-state index is 8.74. The zero-order valence-corrected chi connectivity index (χ0v) is 8.75. The molecule has 0 unspecified atom stereocenters. The van der Waals surface area contributed by atoms with Crippen LogP contribution in [0.3, 0.4) is 0 Å². The van der Waals surface area contributed by atoms with Crippen LogP contribution in [0, 0.1) is 13.8 Å². The molecule has 0 heterocycles. The van der Waals surface area contributed by atoms with Gasteiger partial charge in [-0.15, -0.1) is 0 Å². The third-order valence-electron chi connectivity index (χ3n) is 1.65. The van der Waals surface area contributed by atoms with Crippen molar-refractivity contribution in [3.63, 3.8) is 0 Å². The molecule has 1 aromatic carbocycles. The first-order valence-electron chi connectivity index (χ1n) is 3.73. The molecule has 80 valence electrons. The second kappa shape index (κ2) is 4.94. The summed E-state index contributed by atoms with van der Waals surface area (Å²) in [6.07, 6.45) is 0. The molecule has 0 aliphatic rings. The first-order valence-corrected chi connectivity index (χ1v) is 5.13. The summed E-state index contributed by atoms with van der Waals surface area (Å²) in [5.41, 5.74) is 8.96. The Hall–Kier alpha value is -1.11. The lowest BCUT2D eigenvalue weighted by molar-refractivity contribution is 0.381. The van der Waals surface area contributed by atoms with E-state index < -0.39 is 10.4 Å². The Morgan fingerprint density at radius 2 is 1.64 bits per heavy atom. The zero-order valence-electron chi connectivity index (χ0n) is 7.93. The van der Waals surface area contributed by atoms with Crippen molar-refractivity contribution in [2.75, 3.05) is 5.73 Å². The molecule has 0 aliphatic carbocycles. The molecule has 0 saturated heterocycles. The van der Waals surface area contributed by atoms with Gasteiger partial charge in [-0.05, 0) is 31.0 Å². The van der Waals surface area contributed by atoms with Crippen LogP contribution in [0.2, 0.25) is 0 Å². The largest absolute Gasteiger partial charge is 0.399 e. The number of benzene rings is 1. The Bertz CT molecular complexity index is 372. The van der Waals surface area contributed by atoms with Gasteiger partial charge >= 0.3 is 10.4 Å². The molecule has 1 rings (SSSR count). The molecule has 5 nitrogen and oxygen atoms in total. The van der Waals surface area contributed by atoms with Crippen molar-refractivity contribution in [2.45, 2.75) is 13.8 Å². The predicted molar refractivity (Wildman–Crippen MR) is 54.5 cm³/mol. The average Bonchev–Trinajstić information content (AvgIpc) is 1.97. The van der Waals surface area contributed by atoms with Crippen molar-refractivity contribution < 1.29 is 17.5 Å². The molecule has 4 N–H and O–H groups in total. The lowest BCUT2D eigenvalue weighted by atomic mass is 10.1. The maximum Gasteiger partial charge on any atom is 0.394 e. The lowest BCUT2D eigenvalue weighted by Gasteiger charge is -2.00. The Morgan fingerprint density at radius 3 is 1.93 bits per heavy atom. The summed E-state index contributed by atoms with van der Waals surface area (Å²) in [7, 11) is -4.67. The van der Waals surface area contributed by atoms with Crippen molar-refractivity contribution >= 4 is 16.1 Å². The Kier molecular flexibility index (Phi) is 4.55. The number of aryl methyl sites for hydroxylation is 1. The number of nitrogens with two attached hydrogens (primary N) is 1. The van der Waals surface area contributed by atoms with Gasteiger partial charge < -0.3 is 5.73 Å². The van der Waals surface area contributed by atoms with E-state index in [1.807, 2.05) is 19.1 Å². The number of hydrogen-bond donors (Lipinski definition) is 3. The summed E-state index contributed by atoms with van der Waals surface area (Å²) in [6, 6.07) is 5.95. The van der Waals surface area contributed by atoms with E-state index in [1.54, 1.807) is 0 Å². The molecule has 0 amide bonds. The molecule has 0 bridgehead atoms. The molecule has 0 aromatic heterocycles. The van der Waals surface area contributed by atoms with E-state index >= 15 is 0 Å². The Labute approximate surface area is 83.1 Å². The number of anilines is 1. The van der Waals surface area contributed by atoms with Gasteiger partial charge in [-0.2, -0.15) is 8.42 Å². The smallest absolute Gasteiger partial charge is 0.394 e. The molecule has 0 saturated carbocycles. The average molecular weight is 219 g/mol. The maximum atomic E-state index is 8.74. The molecule has 0 fully saturated rings. The lowest BCUT2D eigenvalue weighted by Crippen LogP contribution is -1.90. The van der Waals surface area contributed by atoms with Crippen molar-refractivity contribution in [3.8, 4) is 0 Å². The first-order chi connectivity index (χ1) is 6.22. The van der Waals surface area contributed by atoms with Crippen molar-refractivity contribution in [3.05, 3.63) is 29.3 Å². The van der Waals surface area contributed by atoms with Gasteiger partial charge in [0.25, 0.3) is 0 Å². The molecule has 1 aromatic rings. The molecule has 0 spiro atoms. The highest BCUT2D eigenvalue weighted by molar-refractivity contribution is 7.79. The van der Waals surface area contributed by atoms with E-state index in [9.17, 15) is 0 Å². The fraction of sp³-hybridized carbons (Fsp3) is 0.250. The van der Waals surface area contributed by atoms with Gasteiger partial charge in [0.05, 0.1) is 0 Å². The minimum absolute atomic E-state index is 0.884. The van der Waals surface area contributed by atoms with Crippen LogP contribution in [0.15, 0.2) is 18.2 Å². The van der Waals surface area contributed by atoms with Crippen LogP contribution < -0.4 is 5.73 Å². The summed E-state index contributed by atoms with van der Waals surface area (Å²) in [5.74, 6) is 0. The van der Waals surface area contributed by atoms with Crippen LogP contribution in [0.5, 0.6) is 0 Å². The van der Waals surface area contributed by atoms with Gasteiger partial charge in [-0.25, -0.2) is 0 Å². The highest BCUT2D eigenvalue weighted by atomic mass is 32.3. The van der Waals surface area contributed by atoms with Gasteiger partial charge in [0.15, 0.2) is 0 Å². The SMILES string of the molecule is Cc1cccc(N)c1C.O=S(=O)(O)O. The van der Waals surface area contributed by atoms with Crippen LogP contribution in [-0.2, 0) is 10.4 Å². The number of nitrogen functional groups attached to an aromatic ring is 1. The van der Waals surface area contributed by atoms with Crippen molar-refractivity contribution in [1.82, 2.24) is 0 Å². The minimum Gasteiger partial charge on any atom is -0.399 e. The second-order valence-corrected chi connectivity index (χ2v) is 3.63. The fourth-order valence-electron chi connectivity index (χ4n) is 0.774. The second-order valence-electron chi connectivity index (χ2n) is 2.74. The van der Waals surface area contributed by atoms with E-state index in [-0.39, 0.29) is 0 Å². The molecule has 6 heteroatoms. The minimum atomic E-state index is -4.67. The van der Waals surface area contributed by atoms with E-state index in [0.29, 0.717) is 0 Å². The summed E-state index contributed by atoms with van der Waals surface area (Å²) in [4.78, 5) is 0. The monoisotopic (exact) mass is 219 g/mol. The van der Waals surface area contributed by atoms with Gasteiger partial charge in [-0.1, -0.05) is 12.1 Å². The number of rotatable bonds is 0. The van der Waals surface area contributed by atoms with Crippen LogP contribution in [-0.4, -0.2) is 17.5 Å². The van der Waals surface area contributed by atoms with Crippen LogP contribution in [0.4, 0.5) is 5.69 Å². The van der Waals surface area contributed by atoms with Crippen LogP contribution in [0.25, 0.3) is 0 Å². The topological polar surface area (TPSA) is 101 Å². The standard InChI is InChI=1S/C8H11N.H2O4S/c1-6-4-3-5-8(9)7(6)2;1-5(2,3)4/h3-5H,9H2,1-2H3;(H2,1,2,3,4). The van der Waals surface area contributed by atoms with Crippen LogP contribution >= 0.6 is 0 Å². The van der Waals surface area contributed by atoms with Gasteiger partial charge in [0.2, 0.25) is 0 Å². The highest BCUT2D eigenvalue weighted by Gasteiger charge is 1.92.